The molecule has 1 heterocycles. The quantitative estimate of drug-likeness (QED) is 0.854. The molecule has 18 heavy (non-hydrogen) atoms. The molecule has 1 N–H and O–H groups in total. The summed E-state index contributed by atoms with van der Waals surface area (Å²) in [5.41, 5.74) is 2.03. The summed E-state index contributed by atoms with van der Waals surface area (Å²) >= 11 is 5.74. The normalized spacial score (nSPS) is 10.6. The van der Waals surface area contributed by atoms with Gasteiger partial charge in [0.05, 0.1) is 11.6 Å². The number of hydrogen-bond donors (Lipinski definition) is 1. The molecule has 2 nitrogen and oxygen atoms in total. The molecular formula is C14H16ClFN2. The van der Waals surface area contributed by atoms with Crippen molar-refractivity contribution in [1.82, 2.24) is 4.57 Å². The Morgan fingerprint density at radius 3 is 2.89 bits per heavy atom. The maximum absolute atomic E-state index is 13.0. The summed E-state index contributed by atoms with van der Waals surface area (Å²) in [7, 11) is 0. The number of anilines is 1. The van der Waals surface area contributed by atoms with E-state index in [0.717, 1.165) is 18.7 Å². The van der Waals surface area contributed by atoms with Crippen molar-refractivity contribution in [3.8, 4) is 0 Å². The van der Waals surface area contributed by atoms with E-state index >= 15 is 0 Å². The van der Waals surface area contributed by atoms with Crippen molar-refractivity contribution in [2.75, 3.05) is 5.32 Å². The summed E-state index contributed by atoms with van der Waals surface area (Å²) in [6.45, 7) is 3.86. The number of benzene rings is 1. The molecule has 0 bridgehead atoms. The first-order valence-corrected chi connectivity index (χ1v) is 6.41. The zero-order valence-electron chi connectivity index (χ0n) is 10.3. The summed E-state index contributed by atoms with van der Waals surface area (Å²) in [5.74, 6) is -0.392. The highest BCUT2D eigenvalue weighted by atomic mass is 35.5. The van der Waals surface area contributed by atoms with Gasteiger partial charge in [0, 0.05) is 24.1 Å². The van der Waals surface area contributed by atoms with E-state index in [-0.39, 0.29) is 5.02 Å². The first kappa shape index (κ1) is 13.0. The summed E-state index contributed by atoms with van der Waals surface area (Å²) in [5, 5.41) is 3.38. The number of nitrogens with one attached hydrogen (secondary N) is 1. The van der Waals surface area contributed by atoms with Crippen molar-refractivity contribution < 1.29 is 4.39 Å². The summed E-state index contributed by atoms with van der Waals surface area (Å²) in [4.78, 5) is 0. The lowest BCUT2D eigenvalue weighted by Gasteiger charge is -2.10. The Labute approximate surface area is 111 Å². The highest BCUT2D eigenvalue weighted by Gasteiger charge is 2.02. The van der Waals surface area contributed by atoms with Gasteiger partial charge < -0.3 is 9.88 Å². The van der Waals surface area contributed by atoms with E-state index in [1.54, 1.807) is 12.1 Å². The van der Waals surface area contributed by atoms with E-state index in [9.17, 15) is 4.39 Å². The Bertz CT molecular complexity index is 522. The summed E-state index contributed by atoms with van der Waals surface area (Å²) < 4.78 is 15.2. The van der Waals surface area contributed by atoms with Crippen LogP contribution in [0.2, 0.25) is 5.02 Å². The molecule has 0 fully saturated rings. The number of nitrogens with zero attached hydrogens (tertiary/aromatic N) is 1. The van der Waals surface area contributed by atoms with Gasteiger partial charge in [-0.1, -0.05) is 18.5 Å². The smallest absolute Gasteiger partial charge is 0.141 e. The van der Waals surface area contributed by atoms with Crippen LogP contribution in [-0.2, 0) is 13.1 Å². The Morgan fingerprint density at radius 2 is 2.17 bits per heavy atom. The van der Waals surface area contributed by atoms with Gasteiger partial charge >= 0.3 is 0 Å². The van der Waals surface area contributed by atoms with Crippen LogP contribution < -0.4 is 5.32 Å². The molecule has 4 heteroatoms. The van der Waals surface area contributed by atoms with Gasteiger partial charge in [-0.15, -0.1) is 0 Å². The number of aryl methyl sites for hydroxylation is 1. The van der Waals surface area contributed by atoms with Crippen molar-refractivity contribution >= 4 is 17.3 Å². The second-order valence-corrected chi connectivity index (χ2v) is 4.58. The fourth-order valence-electron chi connectivity index (χ4n) is 1.87. The molecule has 0 saturated carbocycles. The standard InChI is InChI=1S/C14H16ClFN2/c1-2-7-18-8-3-4-12(18)10-17-11-5-6-14(16)13(15)9-11/h3-6,8-9,17H,2,7,10H2,1H3. The van der Waals surface area contributed by atoms with Crippen LogP contribution in [0.3, 0.4) is 0 Å². The van der Waals surface area contributed by atoms with Crippen molar-refractivity contribution in [2.24, 2.45) is 0 Å². The first-order chi connectivity index (χ1) is 8.70. The molecule has 2 rings (SSSR count). The van der Waals surface area contributed by atoms with Crippen molar-refractivity contribution in [3.05, 3.63) is 53.1 Å². The largest absolute Gasteiger partial charge is 0.379 e. The van der Waals surface area contributed by atoms with Gasteiger partial charge in [0.15, 0.2) is 0 Å². The van der Waals surface area contributed by atoms with Crippen LogP contribution in [0.1, 0.15) is 19.0 Å². The van der Waals surface area contributed by atoms with Crippen LogP contribution in [-0.4, -0.2) is 4.57 Å². The fourth-order valence-corrected chi connectivity index (χ4v) is 2.05. The van der Waals surface area contributed by atoms with Crippen LogP contribution in [0.5, 0.6) is 0 Å². The second-order valence-electron chi connectivity index (χ2n) is 4.18. The maximum Gasteiger partial charge on any atom is 0.141 e. The van der Waals surface area contributed by atoms with E-state index in [1.807, 2.05) is 6.07 Å². The minimum Gasteiger partial charge on any atom is -0.379 e. The molecule has 0 spiro atoms. The van der Waals surface area contributed by atoms with Crippen LogP contribution >= 0.6 is 11.6 Å². The van der Waals surface area contributed by atoms with Gasteiger partial charge in [-0.25, -0.2) is 4.39 Å². The molecule has 96 valence electrons. The molecule has 0 saturated heterocycles. The van der Waals surface area contributed by atoms with E-state index in [1.165, 1.54) is 11.8 Å². The lowest BCUT2D eigenvalue weighted by molar-refractivity contribution is 0.628. The highest BCUT2D eigenvalue weighted by molar-refractivity contribution is 6.31. The molecule has 0 aliphatic carbocycles. The minimum atomic E-state index is -0.392. The zero-order valence-corrected chi connectivity index (χ0v) is 11.0. The van der Waals surface area contributed by atoms with E-state index in [0.29, 0.717) is 6.54 Å². The molecular weight excluding hydrogens is 251 g/mol. The number of aromatic nitrogens is 1. The van der Waals surface area contributed by atoms with Gasteiger partial charge in [-0.3, -0.25) is 0 Å². The van der Waals surface area contributed by atoms with Crippen LogP contribution in [0.15, 0.2) is 36.5 Å². The highest BCUT2D eigenvalue weighted by Crippen LogP contribution is 2.20. The van der Waals surface area contributed by atoms with Crippen LogP contribution in [0, 0.1) is 5.82 Å². The molecule has 0 radical (unpaired) electrons. The van der Waals surface area contributed by atoms with Crippen LogP contribution in [0.4, 0.5) is 10.1 Å². The lowest BCUT2D eigenvalue weighted by Crippen LogP contribution is -2.06. The van der Waals surface area contributed by atoms with Gasteiger partial charge in [0.2, 0.25) is 0 Å². The van der Waals surface area contributed by atoms with Gasteiger partial charge in [-0.2, -0.15) is 0 Å². The second kappa shape index (κ2) is 5.91. The minimum absolute atomic E-state index is 0.143. The zero-order chi connectivity index (χ0) is 13.0. The summed E-state index contributed by atoms with van der Waals surface area (Å²) in [6.07, 6.45) is 3.17. The third-order valence-corrected chi connectivity index (χ3v) is 3.07. The molecule has 0 amide bonds. The van der Waals surface area contributed by atoms with Crippen molar-refractivity contribution in [2.45, 2.75) is 26.4 Å². The topological polar surface area (TPSA) is 17.0 Å². The lowest BCUT2D eigenvalue weighted by atomic mass is 10.3. The van der Waals surface area contributed by atoms with E-state index < -0.39 is 5.82 Å². The molecule has 2 aromatic rings. The molecule has 0 unspecified atom stereocenters. The molecule has 1 aromatic heterocycles. The third kappa shape index (κ3) is 3.05. The Kier molecular flexibility index (Phi) is 4.26. The monoisotopic (exact) mass is 266 g/mol. The average molecular weight is 267 g/mol. The molecule has 1 aromatic carbocycles. The summed E-state index contributed by atoms with van der Waals surface area (Å²) in [6, 6.07) is 8.77. The Balaban J connectivity index is 2.02. The van der Waals surface area contributed by atoms with Gasteiger partial charge in [0.1, 0.15) is 5.82 Å². The third-order valence-electron chi connectivity index (χ3n) is 2.78. The molecule has 0 aliphatic heterocycles. The van der Waals surface area contributed by atoms with Crippen molar-refractivity contribution in [3.63, 3.8) is 0 Å². The Morgan fingerprint density at radius 1 is 1.33 bits per heavy atom. The fraction of sp³-hybridized carbons (Fsp3) is 0.286. The van der Waals surface area contributed by atoms with E-state index in [4.69, 9.17) is 11.6 Å². The van der Waals surface area contributed by atoms with Crippen LogP contribution in [0.25, 0.3) is 0 Å². The number of halogens is 2. The number of hydrogen-bond acceptors (Lipinski definition) is 1. The molecule has 0 aliphatic rings. The first-order valence-electron chi connectivity index (χ1n) is 6.03. The predicted octanol–water partition coefficient (Wildman–Crippen LogP) is 4.30. The predicted molar refractivity (Wildman–Crippen MR) is 73.5 cm³/mol. The maximum atomic E-state index is 13.0. The van der Waals surface area contributed by atoms with E-state index in [2.05, 4.69) is 29.1 Å². The van der Waals surface area contributed by atoms with Gasteiger partial charge in [-0.05, 0) is 36.8 Å². The average Bonchev–Trinajstić information content (AvgIpc) is 2.79. The SMILES string of the molecule is CCCn1cccc1CNc1ccc(F)c(Cl)c1. The Hall–Kier alpha value is -1.48. The number of rotatable bonds is 5. The van der Waals surface area contributed by atoms with Gasteiger partial charge in [0.25, 0.3) is 0 Å². The van der Waals surface area contributed by atoms with Crippen molar-refractivity contribution in [1.29, 1.82) is 0 Å². The molecule has 0 atom stereocenters.